The Kier molecular flexibility index (Phi) is 4.85. The quantitative estimate of drug-likeness (QED) is 0.647. The van der Waals surface area contributed by atoms with Gasteiger partial charge in [0.25, 0.3) is 11.7 Å². The van der Waals surface area contributed by atoms with Crippen molar-refractivity contribution in [2.75, 3.05) is 13.1 Å². The molecule has 3 aromatic heterocycles. The highest BCUT2D eigenvalue weighted by atomic mass is 16.2. The zero-order valence-electron chi connectivity index (χ0n) is 15.9. The van der Waals surface area contributed by atoms with Crippen LogP contribution in [0.25, 0.3) is 5.78 Å². The molecule has 0 saturated carbocycles. The molecule has 1 fully saturated rings. The van der Waals surface area contributed by atoms with Crippen LogP contribution in [0.1, 0.15) is 59.1 Å². The van der Waals surface area contributed by atoms with Gasteiger partial charge in [0.2, 0.25) is 0 Å². The van der Waals surface area contributed by atoms with Crippen LogP contribution in [-0.2, 0) is 0 Å². The summed E-state index contributed by atoms with van der Waals surface area (Å²) in [5.74, 6) is 0.225. The maximum atomic E-state index is 13.1. The van der Waals surface area contributed by atoms with Gasteiger partial charge in [-0.15, -0.1) is 0 Å². The van der Waals surface area contributed by atoms with Gasteiger partial charge in [0, 0.05) is 37.0 Å². The van der Waals surface area contributed by atoms with Crippen LogP contribution in [-0.4, -0.2) is 54.2 Å². The molecule has 0 radical (unpaired) electrons. The number of nitrogens with zero attached hydrogens (tertiary/aromatic N) is 6. The van der Waals surface area contributed by atoms with E-state index in [0.29, 0.717) is 30.1 Å². The molecule has 0 aromatic carbocycles. The lowest BCUT2D eigenvalue weighted by molar-refractivity contribution is 0.0632. The van der Waals surface area contributed by atoms with Gasteiger partial charge in [-0.2, -0.15) is 10.1 Å². The number of piperidine rings is 1. The van der Waals surface area contributed by atoms with E-state index in [2.05, 4.69) is 20.1 Å². The number of amides is 1. The second-order valence-corrected chi connectivity index (χ2v) is 7.39. The SMILES string of the molecule is CC(C)c1cc(C(=O)N2CCC[C@H](C(=O)c3cccnc3)C2)nc2ncnn12. The van der Waals surface area contributed by atoms with Gasteiger partial charge in [0.05, 0.1) is 5.69 Å². The van der Waals surface area contributed by atoms with Crippen LogP contribution >= 0.6 is 0 Å². The molecule has 0 N–H and O–H groups in total. The molecule has 1 aliphatic rings. The molecule has 4 heterocycles. The number of aromatic nitrogens is 5. The van der Waals surface area contributed by atoms with Crippen LogP contribution < -0.4 is 0 Å². The van der Waals surface area contributed by atoms with Crippen molar-refractivity contribution in [3.63, 3.8) is 0 Å². The lowest BCUT2D eigenvalue weighted by Crippen LogP contribution is -2.42. The number of Topliss-reactive ketones (excluding diaryl/α,β-unsaturated/α-hetero) is 1. The molecule has 144 valence electrons. The summed E-state index contributed by atoms with van der Waals surface area (Å²) in [5.41, 5.74) is 1.82. The van der Waals surface area contributed by atoms with Gasteiger partial charge < -0.3 is 4.90 Å². The third kappa shape index (κ3) is 3.37. The highest BCUT2D eigenvalue weighted by Crippen LogP contribution is 2.23. The van der Waals surface area contributed by atoms with Crippen molar-refractivity contribution in [2.45, 2.75) is 32.6 Å². The Morgan fingerprint density at radius 3 is 2.89 bits per heavy atom. The summed E-state index contributed by atoms with van der Waals surface area (Å²) in [6, 6.07) is 5.30. The molecule has 1 atom stereocenters. The van der Waals surface area contributed by atoms with E-state index >= 15 is 0 Å². The number of ketones is 1. The number of pyridine rings is 1. The first-order chi connectivity index (χ1) is 13.5. The number of likely N-dealkylation sites (tertiary alicyclic amines) is 1. The molecule has 8 nitrogen and oxygen atoms in total. The van der Waals surface area contributed by atoms with E-state index in [1.807, 2.05) is 13.8 Å². The third-order valence-electron chi connectivity index (χ3n) is 5.12. The Hall–Kier alpha value is -3.16. The van der Waals surface area contributed by atoms with Crippen molar-refractivity contribution in [1.82, 2.24) is 29.5 Å². The minimum Gasteiger partial charge on any atom is -0.337 e. The van der Waals surface area contributed by atoms with Crippen molar-refractivity contribution < 1.29 is 9.59 Å². The van der Waals surface area contributed by atoms with Gasteiger partial charge in [-0.05, 0) is 37.0 Å². The van der Waals surface area contributed by atoms with Crippen molar-refractivity contribution >= 4 is 17.5 Å². The first-order valence-corrected chi connectivity index (χ1v) is 9.49. The van der Waals surface area contributed by atoms with Gasteiger partial charge in [0.15, 0.2) is 5.78 Å². The summed E-state index contributed by atoms with van der Waals surface area (Å²) in [6.45, 7) is 5.08. The summed E-state index contributed by atoms with van der Waals surface area (Å²) in [5, 5.41) is 4.19. The first-order valence-electron chi connectivity index (χ1n) is 9.49. The molecule has 0 aliphatic carbocycles. The predicted molar refractivity (Wildman–Crippen MR) is 102 cm³/mol. The van der Waals surface area contributed by atoms with E-state index in [1.54, 1.807) is 40.0 Å². The fourth-order valence-corrected chi connectivity index (χ4v) is 3.64. The zero-order valence-corrected chi connectivity index (χ0v) is 15.9. The zero-order chi connectivity index (χ0) is 19.7. The van der Waals surface area contributed by atoms with Gasteiger partial charge in [-0.3, -0.25) is 14.6 Å². The summed E-state index contributed by atoms with van der Waals surface area (Å²) < 4.78 is 1.66. The highest BCUT2D eigenvalue weighted by molar-refractivity contribution is 5.98. The number of carbonyl (C=O) groups is 2. The monoisotopic (exact) mass is 378 g/mol. The molecular weight excluding hydrogens is 356 g/mol. The first kappa shape index (κ1) is 18.2. The average Bonchev–Trinajstić information content (AvgIpc) is 3.21. The molecule has 0 bridgehead atoms. The van der Waals surface area contributed by atoms with Crippen LogP contribution in [0.2, 0.25) is 0 Å². The maximum absolute atomic E-state index is 13.1. The van der Waals surface area contributed by atoms with E-state index in [9.17, 15) is 9.59 Å². The molecule has 3 aromatic rings. The fourth-order valence-electron chi connectivity index (χ4n) is 3.64. The third-order valence-corrected chi connectivity index (χ3v) is 5.12. The van der Waals surface area contributed by atoms with Gasteiger partial charge >= 0.3 is 0 Å². The number of carbonyl (C=O) groups excluding carboxylic acids is 2. The Morgan fingerprint density at radius 2 is 2.14 bits per heavy atom. The Morgan fingerprint density at radius 1 is 1.29 bits per heavy atom. The van der Waals surface area contributed by atoms with Crippen molar-refractivity contribution in [1.29, 1.82) is 0 Å². The number of hydrogen-bond donors (Lipinski definition) is 0. The van der Waals surface area contributed by atoms with E-state index < -0.39 is 0 Å². The van der Waals surface area contributed by atoms with Crippen LogP contribution in [0.4, 0.5) is 0 Å². The molecule has 4 rings (SSSR count). The van der Waals surface area contributed by atoms with E-state index in [1.165, 1.54) is 6.33 Å². The average molecular weight is 378 g/mol. The summed E-state index contributed by atoms with van der Waals surface area (Å²) in [7, 11) is 0. The largest absolute Gasteiger partial charge is 0.337 e. The van der Waals surface area contributed by atoms with E-state index in [0.717, 1.165) is 18.5 Å². The molecule has 1 aliphatic heterocycles. The molecule has 8 heteroatoms. The number of fused-ring (bicyclic) bond motifs is 1. The molecular formula is C20H22N6O2. The van der Waals surface area contributed by atoms with E-state index in [-0.39, 0.29) is 23.5 Å². The van der Waals surface area contributed by atoms with Crippen LogP contribution in [0.5, 0.6) is 0 Å². The second-order valence-electron chi connectivity index (χ2n) is 7.39. The predicted octanol–water partition coefficient (Wildman–Crippen LogP) is 2.38. The topological polar surface area (TPSA) is 93.4 Å². The Bertz CT molecular complexity index is 1010. The van der Waals surface area contributed by atoms with Crippen molar-refractivity contribution in [2.24, 2.45) is 5.92 Å². The molecule has 0 spiro atoms. The van der Waals surface area contributed by atoms with Crippen LogP contribution in [0, 0.1) is 5.92 Å². The minimum absolute atomic E-state index is 0.0364. The highest BCUT2D eigenvalue weighted by Gasteiger charge is 2.30. The Labute approximate surface area is 162 Å². The summed E-state index contributed by atoms with van der Waals surface area (Å²) in [4.78, 5) is 40.2. The fraction of sp³-hybridized carbons (Fsp3) is 0.400. The molecule has 0 unspecified atom stereocenters. The van der Waals surface area contributed by atoms with Gasteiger partial charge in [-0.1, -0.05) is 13.8 Å². The molecule has 1 amide bonds. The Balaban J connectivity index is 1.58. The van der Waals surface area contributed by atoms with Crippen LogP contribution in [0.3, 0.4) is 0 Å². The number of hydrogen-bond acceptors (Lipinski definition) is 6. The van der Waals surface area contributed by atoms with E-state index in [4.69, 9.17) is 0 Å². The smallest absolute Gasteiger partial charge is 0.272 e. The molecule has 1 saturated heterocycles. The summed E-state index contributed by atoms with van der Waals surface area (Å²) in [6.07, 6.45) is 6.22. The summed E-state index contributed by atoms with van der Waals surface area (Å²) >= 11 is 0. The van der Waals surface area contributed by atoms with Gasteiger partial charge in [0.1, 0.15) is 12.0 Å². The normalized spacial score (nSPS) is 17.2. The standard InChI is InChI=1S/C20H22N6O2/c1-13(2)17-9-16(24-20-22-12-23-26(17)20)19(28)25-8-4-6-15(11-25)18(27)14-5-3-7-21-10-14/h3,5,7,9-10,12-13,15H,4,6,8,11H2,1-2H3/t15-/m0/s1. The van der Waals surface area contributed by atoms with Gasteiger partial charge in [-0.25, -0.2) is 9.50 Å². The lowest BCUT2D eigenvalue weighted by atomic mass is 9.90. The second kappa shape index (κ2) is 7.46. The number of rotatable bonds is 4. The molecule has 28 heavy (non-hydrogen) atoms. The van der Waals surface area contributed by atoms with Crippen molar-refractivity contribution in [3.8, 4) is 0 Å². The van der Waals surface area contributed by atoms with Crippen molar-refractivity contribution in [3.05, 3.63) is 53.9 Å². The maximum Gasteiger partial charge on any atom is 0.272 e. The minimum atomic E-state index is -0.219. The van der Waals surface area contributed by atoms with Crippen LogP contribution in [0.15, 0.2) is 36.9 Å². The lowest BCUT2D eigenvalue weighted by Gasteiger charge is -2.32.